The highest BCUT2D eigenvalue weighted by atomic mass is 35.5. The smallest absolute Gasteiger partial charge is 0.339 e. The lowest BCUT2D eigenvalue weighted by molar-refractivity contribution is -0.137. The first-order valence-corrected chi connectivity index (χ1v) is 8.10. The largest absolute Gasteiger partial charge is 0.416 e. The number of hydrogen-bond acceptors (Lipinski definition) is 5. The van der Waals surface area contributed by atoms with Crippen LogP contribution < -0.4 is 5.32 Å². The molecule has 9 heteroatoms. The third-order valence-electron chi connectivity index (χ3n) is 3.82. The molecule has 4 aromatic rings. The van der Waals surface area contributed by atoms with Gasteiger partial charge in [0.25, 0.3) is 5.71 Å². The second kappa shape index (κ2) is 6.55. The van der Waals surface area contributed by atoms with Crippen molar-refractivity contribution in [1.29, 1.82) is 0 Å². The van der Waals surface area contributed by atoms with Gasteiger partial charge in [0.2, 0.25) is 0 Å². The maximum absolute atomic E-state index is 12.9. The maximum Gasteiger partial charge on any atom is 0.416 e. The van der Waals surface area contributed by atoms with E-state index in [0.29, 0.717) is 21.7 Å². The van der Waals surface area contributed by atoms with Crippen LogP contribution in [-0.2, 0) is 6.18 Å². The van der Waals surface area contributed by atoms with Crippen LogP contribution in [0.1, 0.15) is 5.56 Å². The predicted octanol–water partition coefficient (Wildman–Crippen LogP) is 5.70. The molecule has 0 bridgehead atoms. The van der Waals surface area contributed by atoms with E-state index >= 15 is 0 Å². The van der Waals surface area contributed by atoms with Gasteiger partial charge in [0, 0.05) is 16.3 Å². The van der Waals surface area contributed by atoms with Crippen molar-refractivity contribution < 1.29 is 17.7 Å². The van der Waals surface area contributed by atoms with Gasteiger partial charge < -0.3 is 9.84 Å². The Morgan fingerprint density at radius 1 is 1.00 bits per heavy atom. The van der Waals surface area contributed by atoms with Crippen molar-refractivity contribution in [1.82, 2.24) is 15.1 Å². The lowest BCUT2D eigenvalue weighted by Gasteiger charge is -2.10. The molecular formula is C18H10ClF3N4O. The Kier molecular flexibility index (Phi) is 4.19. The minimum absolute atomic E-state index is 0.203. The standard InChI is InChI=1S/C18H10ClF3N4O/c19-12-5-1-3-10(7-12)15-14-16(23-9-24-17(14)27-26-15)25-13-6-2-4-11(8-13)18(20,21)22/h1-9H,(H,23,24,25). The van der Waals surface area contributed by atoms with Gasteiger partial charge in [0.1, 0.15) is 23.2 Å². The number of nitrogens with one attached hydrogen (secondary N) is 1. The number of benzene rings is 2. The van der Waals surface area contributed by atoms with Crippen molar-refractivity contribution in [2.45, 2.75) is 6.18 Å². The SMILES string of the molecule is FC(F)(F)c1cccc(Nc2ncnc3onc(-c4cccc(Cl)c4)c23)c1. The number of nitrogens with zero attached hydrogens (tertiary/aromatic N) is 3. The Balaban J connectivity index is 1.80. The van der Waals surface area contributed by atoms with Crippen LogP contribution in [0.4, 0.5) is 24.7 Å². The summed E-state index contributed by atoms with van der Waals surface area (Å²) in [5.74, 6) is 0.274. The van der Waals surface area contributed by atoms with Crippen molar-refractivity contribution in [3.63, 3.8) is 0 Å². The Morgan fingerprint density at radius 3 is 2.59 bits per heavy atom. The van der Waals surface area contributed by atoms with Crippen molar-refractivity contribution in [3.05, 3.63) is 65.4 Å². The highest BCUT2D eigenvalue weighted by Gasteiger charge is 2.30. The fraction of sp³-hybridized carbons (Fsp3) is 0.0556. The molecule has 0 saturated carbocycles. The molecule has 0 amide bonds. The van der Waals surface area contributed by atoms with Gasteiger partial charge in [-0.1, -0.05) is 35.0 Å². The molecule has 4 rings (SSSR count). The molecule has 0 aliphatic heterocycles. The van der Waals surface area contributed by atoms with E-state index < -0.39 is 11.7 Å². The predicted molar refractivity (Wildman–Crippen MR) is 94.8 cm³/mol. The molecule has 136 valence electrons. The van der Waals surface area contributed by atoms with Gasteiger partial charge in [0.05, 0.1) is 5.56 Å². The average molecular weight is 391 g/mol. The van der Waals surface area contributed by atoms with Crippen LogP contribution in [0.2, 0.25) is 5.02 Å². The number of alkyl halides is 3. The van der Waals surface area contributed by atoms with E-state index in [2.05, 4.69) is 20.4 Å². The quantitative estimate of drug-likeness (QED) is 0.486. The lowest BCUT2D eigenvalue weighted by atomic mass is 10.1. The molecule has 5 nitrogen and oxygen atoms in total. The summed E-state index contributed by atoms with van der Waals surface area (Å²) in [7, 11) is 0. The molecule has 1 N–H and O–H groups in total. The molecule has 0 aliphatic carbocycles. The second-order valence-corrected chi connectivity index (χ2v) is 6.08. The van der Waals surface area contributed by atoms with Crippen LogP contribution in [-0.4, -0.2) is 15.1 Å². The summed E-state index contributed by atoms with van der Waals surface area (Å²) in [5.41, 5.74) is 0.765. The minimum Gasteiger partial charge on any atom is -0.339 e. The Labute approximate surface area is 155 Å². The van der Waals surface area contributed by atoms with Crippen LogP contribution in [0, 0.1) is 0 Å². The molecular weight excluding hydrogens is 381 g/mol. The van der Waals surface area contributed by atoms with E-state index in [0.717, 1.165) is 12.1 Å². The average Bonchev–Trinajstić information content (AvgIpc) is 3.06. The number of aromatic nitrogens is 3. The molecule has 0 saturated heterocycles. The summed E-state index contributed by atoms with van der Waals surface area (Å²) >= 11 is 6.03. The summed E-state index contributed by atoms with van der Waals surface area (Å²) in [5, 5.41) is 7.84. The summed E-state index contributed by atoms with van der Waals surface area (Å²) in [6, 6.07) is 11.8. The summed E-state index contributed by atoms with van der Waals surface area (Å²) < 4.78 is 44.1. The van der Waals surface area contributed by atoms with E-state index in [1.165, 1.54) is 18.5 Å². The molecule has 27 heavy (non-hydrogen) atoms. The van der Waals surface area contributed by atoms with Crippen LogP contribution in [0.25, 0.3) is 22.4 Å². The van der Waals surface area contributed by atoms with Crippen LogP contribution in [0.15, 0.2) is 59.4 Å². The Hall–Kier alpha value is -3.13. The number of halogens is 4. The fourth-order valence-corrected chi connectivity index (χ4v) is 2.81. The third-order valence-corrected chi connectivity index (χ3v) is 4.06. The number of hydrogen-bond donors (Lipinski definition) is 1. The second-order valence-electron chi connectivity index (χ2n) is 5.65. The van der Waals surface area contributed by atoms with Crippen LogP contribution in [0.3, 0.4) is 0 Å². The van der Waals surface area contributed by atoms with Gasteiger partial charge >= 0.3 is 6.18 Å². The van der Waals surface area contributed by atoms with E-state index in [9.17, 15) is 13.2 Å². The van der Waals surface area contributed by atoms with Crippen LogP contribution >= 0.6 is 11.6 Å². The molecule has 0 radical (unpaired) electrons. The van der Waals surface area contributed by atoms with Gasteiger partial charge in [-0.3, -0.25) is 0 Å². The monoisotopic (exact) mass is 390 g/mol. The summed E-state index contributed by atoms with van der Waals surface area (Å²) in [6.07, 6.45) is -3.20. The van der Waals surface area contributed by atoms with Crippen molar-refractivity contribution in [2.75, 3.05) is 5.32 Å². The van der Waals surface area contributed by atoms with Gasteiger partial charge in [-0.05, 0) is 30.3 Å². The zero-order chi connectivity index (χ0) is 19.0. The molecule has 0 aliphatic rings. The molecule has 2 aromatic carbocycles. The first-order chi connectivity index (χ1) is 12.9. The van der Waals surface area contributed by atoms with E-state index in [4.69, 9.17) is 16.1 Å². The first-order valence-electron chi connectivity index (χ1n) is 7.72. The molecule has 0 atom stereocenters. The van der Waals surface area contributed by atoms with Crippen molar-refractivity contribution >= 4 is 34.2 Å². The van der Waals surface area contributed by atoms with Gasteiger partial charge in [0.15, 0.2) is 0 Å². The number of fused-ring (bicyclic) bond motifs is 1. The van der Waals surface area contributed by atoms with Crippen molar-refractivity contribution in [3.8, 4) is 11.3 Å². The van der Waals surface area contributed by atoms with Gasteiger partial charge in [-0.2, -0.15) is 18.2 Å². The Morgan fingerprint density at radius 2 is 1.81 bits per heavy atom. The highest BCUT2D eigenvalue weighted by molar-refractivity contribution is 6.30. The zero-order valence-corrected chi connectivity index (χ0v) is 14.2. The van der Waals surface area contributed by atoms with Crippen molar-refractivity contribution in [2.24, 2.45) is 0 Å². The molecule has 2 aromatic heterocycles. The van der Waals surface area contributed by atoms with Gasteiger partial charge in [-0.15, -0.1) is 0 Å². The minimum atomic E-state index is -4.44. The molecule has 0 fully saturated rings. The summed E-state index contributed by atoms with van der Waals surface area (Å²) in [6.45, 7) is 0. The van der Waals surface area contributed by atoms with Crippen LogP contribution in [0.5, 0.6) is 0 Å². The first kappa shape index (κ1) is 17.3. The topological polar surface area (TPSA) is 63.8 Å². The molecule has 0 unspecified atom stereocenters. The maximum atomic E-state index is 12.9. The number of rotatable bonds is 3. The number of anilines is 2. The lowest BCUT2D eigenvalue weighted by Crippen LogP contribution is -2.05. The third kappa shape index (κ3) is 3.43. The zero-order valence-electron chi connectivity index (χ0n) is 13.5. The van der Waals surface area contributed by atoms with E-state index in [1.54, 1.807) is 24.3 Å². The normalized spacial score (nSPS) is 11.7. The van der Waals surface area contributed by atoms with E-state index in [-0.39, 0.29) is 17.2 Å². The summed E-state index contributed by atoms with van der Waals surface area (Å²) in [4.78, 5) is 8.15. The highest BCUT2D eigenvalue weighted by Crippen LogP contribution is 2.35. The van der Waals surface area contributed by atoms with Gasteiger partial charge in [-0.25, -0.2) is 4.98 Å². The molecule has 2 heterocycles. The Bertz CT molecular complexity index is 1130. The van der Waals surface area contributed by atoms with E-state index in [1.807, 2.05) is 0 Å². The fourth-order valence-electron chi connectivity index (χ4n) is 2.62. The molecule has 0 spiro atoms.